The maximum atomic E-state index is 3.57. The standard InChI is InChI=1S/C33H26N2/c1-3-11-30-26(7-1)9-5-13-32(30)34-28-19-15-24(16-20-28)23-25-17-21-29(22-18-25)35-33-14-6-10-27-8-2-4-12-31(27)33/h1-22,34-35H,23H2. The smallest absolute Gasteiger partial charge is 0.0463 e. The summed E-state index contributed by atoms with van der Waals surface area (Å²) in [5.41, 5.74) is 7.04. The predicted molar refractivity (Wildman–Crippen MR) is 150 cm³/mol. The fourth-order valence-corrected chi connectivity index (χ4v) is 4.63. The molecule has 0 aromatic heterocycles. The van der Waals surface area contributed by atoms with Crippen LogP contribution in [0.3, 0.4) is 0 Å². The predicted octanol–water partition coefficient (Wildman–Crippen LogP) is 9.07. The monoisotopic (exact) mass is 450 g/mol. The maximum Gasteiger partial charge on any atom is 0.0463 e. The van der Waals surface area contributed by atoms with Gasteiger partial charge in [-0.25, -0.2) is 0 Å². The highest BCUT2D eigenvalue weighted by molar-refractivity contribution is 5.96. The topological polar surface area (TPSA) is 24.1 Å². The van der Waals surface area contributed by atoms with Gasteiger partial charge in [-0.2, -0.15) is 0 Å². The molecular weight excluding hydrogens is 424 g/mol. The van der Waals surface area contributed by atoms with Gasteiger partial charge < -0.3 is 10.6 Å². The van der Waals surface area contributed by atoms with Crippen molar-refractivity contribution in [1.82, 2.24) is 0 Å². The van der Waals surface area contributed by atoms with Crippen LogP contribution in [-0.2, 0) is 6.42 Å². The van der Waals surface area contributed by atoms with Crippen LogP contribution < -0.4 is 10.6 Å². The molecule has 168 valence electrons. The molecule has 2 nitrogen and oxygen atoms in total. The van der Waals surface area contributed by atoms with Crippen LogP contribution in [-0.4, -0.2) is 0 Å². The van der Waals surface area contributed by atoms with Crippen molar-refractivity contribution < 1.29 is 0 Å². The molecule has 2 heteroatoms. The van der Waals surface area contributed by atoms with E-state index < -0.39 is 0 Å². The summed E-state index contributed by atoms with van der Waals surface area (Å²) in [5, 5.41) is 12.1. The summed E-state index contributed by atoms with van der Waals surface area (Å²) in [6.07, 6.45) is 0.906. The zero-order chi connectivity index (χ0) is 23.5. The first-order valence-electron chi connectivity index (χ1n) is 12.0. The first kappa shape index (κ1) is 21.0. The number of benzene rings is 6. The first-order chi connectivity index (χ1) is 17.3. The van der Waals surface area contributed by atoms with E-state index in [4.69, 9.17) is 0 Å². The summed E-state index contributed by atoms with van der Waals surface area (Å²) in [6, 6.07) is 47.1. The molecule has 35 heavy (non-hydrogen) atoms. The van der Waals surface area contributed by atoms with Crippen molar-refractivity contribution in [3.63, 3.8) is 0 Å². The van der Waals surface area contributed by atoms with Gasteiger partial charge >= 0.3 is 0 Å². The lowest BCUT2D eigenvalue weighted by Gasteiger charge is -2.12. The number of fused-ring (bicyclic) bond motifs is 2. The molecular formula is C33H26N2. The van der Waals surface area contributed by atoms with Crippen LogP contribution in [0.25, 0.3) is 21.5 Å². The second-order valence-corrected chi connectivity index (χ2v) is 8.87. The minimum absolute atomic E-state index is 0.906. The molecule has 0 aliphatic carbocycles. The van der Waals surface area contributed by atoms with Gasteiger partial charge in [0.05, 0.1) is 0 Å². The average molecular weight is 451 g/mol. The maximum absolute atomic E-state index is 3.57. The van der Waals surface area contributed by atoms with E-state index in [0.29, 0.717) is 0 Å². The third kappa shape index (κ3) is 4.60. The Hall–Kier alpha value is -4.56. The van der Waals surface area contributed by atoms with Gasteiger partial charge in [-0.1, -0.05) is 97.1 Å². The molecule has 0 bridgehead atoms. The van der Waals surface area contributed by atoms with Crippen LogP contribution in [0.4, 0.5) is 22.7 Å². The summed E-state index contributed by atoms with van der Waals surface area (Å²) < 4.78 is 0. The Bertz CT molecular complexity index is 1470. The number of hydrogen-bond donors (Lipinski definition) is 2. The van der Waals surface area contributed by atoms with Crippen molar-refractivity contribution in [2.24, 2.45) is 0 Å². The minimum atomic E-state index is 0.906. The lowest BCUT2D eigenvalue weighted by molar-refractivity contribution is 1.19. The lowest BCUT2D eigenvalue weighted by Crippen LogP contribution is -1.94. The van der Waals surface area contributed by atoms with Crippen LogP contribution in [0.2, 0.25) is 0 Å². The molecule has 0 aliphatic rings. The van der Waals surface area contributed by atoms with E-state index in [9.17, 15) is 0 Å². The zero-order valence-electron chi connectivity index (χ0n) is 19.4. The molecule has 0 amide bonds. The lowest BCUT2D eigenvalue weighted by atomic mass is 10.0. The molecule has 2 N–H and O–H groups in total. The van der Waals surface area contributed by atoms with Crippen molar-refractivity contribution in [1.29, 1.82) is 0 Å². The van der Waals surface area contributed by atoms with Crippen LogP contribution in [0.5, 0.6) is 0 Å². The molecule has 0 aliphatic heterocycles. The van der Waals surface area contributed by atoms with E-state index in [1.54, 1.807) is 0 Å². The third-order valence-electron chi connectivity index (χ3n) is 6.45. The second-order valence-electron chi connectivity index (χ2n) is 8.87. The van der Waals surface area contributed by atoms with Gasteiger partial charge in [0.1, 0.15) is 0 Å². The van der Waals surface area contributed by atoms with E-state index in [0.717, 1.165) is 29.2 Å². The van der Waals surface area contributed by atoms with Gasteiger partial charge in [0, 0.05) is 33.5 Å². The van der Waals surface area contributed by atoms with Crippen LogP contribution in [0.15, 0.2) is 133 Å². The summed E-state index contributed by atoms with van der Waals surface area (Å²) in [4.78, 5) is 0. The third-order valence-corrected chi connectivity index (χ3v) is 6.45. The van der Waals surface area contributed by atoms with Crippen LogP contribution in [0, 0.1) is 0 Å². The van der Waals surface area contributed by atoms with Crippen molar-refractivity contribution in [3.05, 3.63) is 145 Å². The minimum Gasteiger partial charge on any atom is -0.355 e. The highest BCUT2D eigenvalue weighted by Crippen LogP contribution is 2.28. The summed E-state index contributed by atoms with van der Waals surface area (Å²) in [7, 11) is 0. The molecule has 0 radical (unpaired) electrons. The largest absolute Gasteiger partial charge is 0.355 e. The SMILES string of the molecule is c1ccc2c(Nc3ccc(Cc4ccc(Nc5cccc6ccccc56)cc4)cc3)cccc2c1. The highest BCUT2D eigenvalue weighted by Gasteiger charge is 2.04. The first-order valence-corrected chi connectivity index (χ1v) is 12.0. The van der Waals surface area contributed by atoms with Crippen molar-refractivity contribution in [2.75, 3.05) is 10.6 Å². The molecule has 0 saturated heterocycles. The van der Waals surface area contributed by atoms with Gasteiger partial charge in [0.25, 0.3) is 0 Å². The van der Waals surface area contributed by atoms with Crippen molar-refractivity contribution in [3.8, 4) is 0 Å². The Kier molecular flexibility index (Phi) is 5.62. The molecule has 0 atom stereocenters. The van der Waals surface area contributed by atoms with Gasteiger partial charge in [-0.15, -0.1) is 0 Å². The van der Waals surface area contributed by atoms with E-state index in [1.807, 2.05) is 0 Å². The molecule has 0 saturated carbocycles. The fraction of sp³-hybridized carbons (Fsp3) is 0.0303. The number of hydrogen-bond acceptors (Lipinski definition) is 2. The summed E-state index contributed by atoms with van der Waals surface area (Å²) in [6.45, 7) is 0. The van der Waals surface area contributed by atoms with Crippen molar-refractivity contribution in [2.45, 2.75) is 6.42 Å². The van der Waals surface area contributed by atoms with E-state index in [2.05, 4.69) is 144 Å². The van der Waals surface area contributed by atoms with Gasteiger partial charge in [-0.05, 0) is 64.7 Å². The molecule has 0 unspecified atom stereocenters. The normalized spacial score (nSPS) is 11.0. The Morgan fingerprint density at radius 1 is 0.371 bits per heavy atom. The number of rotatable bonds is 6. The van der Waals surface area contributed by atoms with E-state index in [1.165, 1.54) is 32.7 Å². The second kappa shape index (κ2) is 9.36. The Labute approximate surface area is 205 Å². The molecule has 6 aromatic rings. The van der Waals surface area contributed by atoms with E-state index in [-0.39, 0.29) is 0 Å². The Morgan fingerprint density at radius 2 is 0.771 bits per heavy atom. The molecule has 6 rings (SSSR count). The fourth-order valence-electron chi connectivity index (χ4n) is 4.63. The number of anilines is 4. The number of nitrogens with one attached hydrogen (secondary N) is 2. The molecule has 0 fully saturated rings. The highest BCUT2D eigenvalue weighted by atomic mass is 14.9. The average Bonchev–Trinajstić information content (AvgIpc) is 2.91. The Morgan fingerprint density at radius 3 is 1.23 bits per heavy atom. The molecule has 0 spiro atoms. The van der Waals surface area contributed by atoms with E-state index >= 15 is 0 Å². The van der Waals surface area contributed by atoms with Crippen LogP contribution >= 0.6 is 0 Å². The molecule has 0 heterocycles. The van der Waals surface area contributed by atoms with Crippen molar-refractivity contribution >= 4 is 44.3 Å². The quantitative estimate of drug-likeness (QED) is 0.264. The van der Waals surface area contributed by atoms with Gasteiger partial charge in [-0.3, -0.25) is 0 Å². The zero-order valence-corrected chi connectivity index (χ0v) is 19.4. The summed E-state index contributed by atoms with van der Waals surface area (Å²) in [5.74, 6) is 0. The summed E-state index contributed by atoms with van der Waals surface area (Å²) >= 11 is 0. The molecule has 6 aromatic carbocycles. The Balaban J connectivity index is 1.13. The van der Waals surface area contributed by atoms with Gasteiger partial charge in [0.15, 0.2) is 0 Å². The van der Waals surface area contributed by atoms with Gasteiger partial charge in [0.2, 0.25) is 0 Å². The van der Waals surface area contributed by atoms with Crippen LogP contribution in [0.1, 0.15) is 11.1 Å².